The van der Waals surface area contributed by atoms with Crippen LogP contribution in [0.3, 0.4) is 0 Å². The van der Waals surface area contributed by atoms with Crippen molar-refractivity contribution in [3.8, 4) is 11.4 Å². The fraction of sp³-hybridized carbons (Fsp3) is 0.261. The summed E-state index contributed by atoms with van der Waals surface area (Å²) in [6.07, 6.45) is 2.04. The molecule has 28 heavy (non-hydrogen) atoms. The van der Waals surface area contributed by atoms with E-state index in [-0.39, 0.29) is 24.2 Å². The molecule has 0 N–H and O–H groups in total. The van der Waals surface area contributed by atoms with Crippen molar-refractivity contribution in [3.63, 3.8) is 0 Å². The highest BCUT2D eigenvalue weighted by atomic mass is 19.1. The van der Waals surface area contributed by atoms with Gasteiger partial charge in [0.05, 0.1) is 12.5 Å². The molecule has 0 radical (unpaired) electrons. The predicted molar refractivity (Wildman–Crippen MR) is 108 cm³/mol. The van der Waals surface area contributed by atoms with Gasteiger partial charge in [-0.15, -0.1) is 0 Å². The lowest BCUT2D eigenvalue weighted by Crippen LogP contribution is -2.30. The van der Waals surface area contributed by atoms with Crippen LogP contribution in [0.1, 0.15) is 49.4 Å². The van der Waals surface area contributed by atoms with Crippen LogP contribution in [0.25, 0.3) is 11.4 Å². The molecule has 142 valence electrons. The van der Waals surface area contributed by atoms with Crippen molar-refractivity contribution in [2.45, 2.75) is 39.2 Å². The van der Waals surface area contributed by atoms with E-state index in [4.69, 9.17) is 4.98 Å². The van der Waals surface area contributed by atoms with Crippen LogP contribution in [0.2, 0.25) is 0 Å². The Kier molecular flexibility index (Phi) is 4.67. The molecule has 0 unspecified atom stereocenters. The Morgan fingerprint density at radius 1 is 1.04 bits per heavy atom. The number of nitrogens with zero attached hydrogens (tertiary/aromatic N) is 3. The maximum absolute atomic E-state index is 13.3. The molecule has 2 aromatic carbocycles. The average Bonchev–Trinajstić information content (AvgIpc) is 3.02. The third-order valence-electron chi connectivity index (χ3n) is 5.24. The van der Waals surface area contributed by atoms with Crippen molar-refractivity contribution in [2.24, 2.45) is 0 Å². The number of carbonyl (C=O) groups is 1. The molecule has 0 fully saturated rings. The van der Waals surface area contributed by atoms with Gasteiger partial charge in [0.25, 0.3) is 0 Å². The first-order valence-electron chi connectivity index (χ1n) is 9.48. The van der Waals surface area contributed by atoms with Crippen LogP contribution >= 0.6 is 0 Å². The summed E-state index contributed by atoms with van der Waals surface area (Å²) < 4.78 is 13.3. The highest BCUT2D eigenvalue weighted by Gasteiger charge is 2.34. The summed E-state index contributed by atoms with van der Waals surface area (Å²) in [4.78, 5) is 23.7. The summed E-state index contributed by atoms with van der Waals surface area (Å²) >= 11 is 0. The summed E-state index contributed by atoms with van der Waals surface area (Å²) in [5.41, 5.74) is 3.84. The van der Waals surface area contributed by atoms with Gasteiger partial charge in [0.1, 0.15) is 11.6 Å². The number of hydrogen-bond donors (Lipinski definition) is 0. The summed E-state index contributed by atoms with van der Waals surface area (Å²) in [5.74, 6) is 1.29. The predicted octanol–water partition coefficient (Wildman–Crippen LogP) is 5.06. The molecule has 0 bridgehead atoms. The van der Waals surface area contributed by atoms with Crippen LogP contribution in [-0.2, 0) is 11.2 Å². The SMILES string of the molecule is CC(C)c1ccccc1-c1ncc2c(n1)N([C@H](C)c1ccc(F)cc1)C(=O)C2. The molecule has 0 saturated heterocycles. The average molecular weight is 375 g/mol. The van der Waals surface area contributed by atoms with Crippen LogP contribution in [0.5, 0.6) is 0 Å². The standard InChI is InChI=1S/C23H22FN3O/c1-14(2)19-6-4-5-7-20(19)22-25-13-17-12-21(28)27(23(17)26-22)15(3)16-8-10-18(24)11-9-16/h4-11,13-15H,12H2,1-3H3/t15-/m1/s1. The highest BCUT2D eigenvalue weighted by molar-refractivity contribution is 6.01. The molecule has 1 aromatic heterocycles. The molecule has 3 aromatic rings. The third-order valence-corrected chi connectivity index (χ3v) is 5.24. The van der Waals surface area contributed by atoms with Crippen LogP contribution in [0.15, 0.2) is 54.7 Å². The smallest absolute Gasteiger partial charge is 0.233 e. The Hall–Kier alpha value is -3.08. The Balaban J connectivity index is 1.77. The van der Waals surface area contributed by atoms with Crippen LogP contribution in [0.4, 0.5) is 10.2 Å². The lowest BCUT2D eigenvalue weighted by molar-refractivity contribution is -0.117. The van der Waals surface area contributed by atoms with Gasteiger partial charge in [0.2, 0.25) is 5.91 Å². The van der Waals surface area contributed by atoms with Crippen LogP contribution < -0.4 is 4.90 Å². The summed E-state index contributed by atoms with van der Waals surface area (Å²) in [6.45, 7) is 6.21. The van der Waals surface area contributed by atoms with E-state index in [0.717, 1.165) is 16.7 Å². The van der Waals surface area contributed by atoms with E-state index in [2.05, 4.69) is 24.9 Å². The van der Waals surface area contributed by atoms with E-state index in [1.165, 1.54) is 17.7 Å². The Bertz CT molecular complexity index is 1030. The van der Waals surface area contributed by atoms with Crippen LogP contribution in [0, 0.1) is 5.82 Å². The topological polar surface area (TPSA) is 46.1 Å². The van der Waals surface area contributed by atoms with Gasteiger partial charge in [-0.2, -0.15) is 0 Å². The monoisotopic (exact) mass is 375 g/mol. The minimum absolute atomic E-state index is 0.0181. The second-order valence-electron chi connectivity index (χ2n) is 7.45. The van der Waals surface area contributed by atoms with Crippen molar-refractivity contribution in [3.05, 3.63) is 77.2 Å². The maximum atomic E-state index is 13.3. The van der Waals surface area contributed by atoms with Crippen molar-refractivity contribution in [1.82, 2.24) is 9.97 Å². The molecule has 0 saturated carbocycles. The van der Waals surface area contributed by atoms with Gasteiger partial charge in [-0.05, 0) is 36.1 Å². The summed E-state index contributed by atoms with van der Waals surface area (Å²) in [6, 6.07) is 14.1. The molecule has 4 nitrogen and oxygen atoms in total. The number of anilines is 1. The lowest BCUT2D eigenvalue weighted by atomic mass is 9.97. The first-order chi connectivity index (χ1) is 13.5. The molecule has 4 rings (SSSR count). The quantitative estimate of drug-likeness (QED) is 0.641. The number of rotatable bonds is 4. The Morgan fingerprint density at radius 2 is 1.75 bits per heavy atom. The maximum Gasteiger partial charge on any atom is 0.233 e. The largest absolute Gasteiger partial charge is 0.289 e. The second kappa shape index (κ2) is 7.15. The minimum atomic E-state index is -0.293. The zero-order valence-electron chi connectivity index (χ0n) is 16.2. The number of hydrogen-bond acceptors (Lipinski definition) is 3. The van der Waals surface area contributed by atoms with E-state index in [0.29, 0.717) is 17.6 Å². The van der Waals surface area contributed by atoms with Crippen molar-refractivity contribution in [2.75, 3.05) is 4.90 Å². The van der Waals surface area contributed by atoms with E-state index < -0.39 is 0 Å². The number of aromatic nitrogens is 2. The Labute approximate surface area is 164 Å². The summed E-state index contributed by atoms with van der Waals surface area (Å²) in [7, 11) is 0. The number of carbonyl (C=O) groups excluding carboxylic acids is 1. The van der Waals surface area contributed by atoms with Crippen molar-refractivity contribution < 1.29 is 9.18 Å². The number of amides is 1. The molecule has 1 amide bonds. The van der Waals surface area contributed by atoms with Crippen LogP contribution in [-0.4, -0.2) is 15.9 Å². The fourth-order valence-corrected chi connectivity index (χ4v) is 3.72. The molecule has 1 aliphatic rings. The molecule has 2 heterocycles. The fourth-order valence-electron chi connectivity index (χ4n) is 3.72. The summed E-state index contributed by atoms with van der Waals surface area (Å²) in [5, 5.41) is 0. The Morgan fingerprint density at radius 3 is 2.46 bits per heavy atom. The van der Waals surface area contributed by atoms with Crippen molar-refractivity contribution >= 4 is 11.7 Å². The molecule has 0 aliphatic carbocycles. The molecule has 1 aliphatic heterocycles. The van der Waals surface area contributed by atoms with Gasteiger partial charge >= 0.3 is 0 Å². The number of halogens is 1. The zero-order chi connectivity index (χ0) is 19.8. The van der Waals surface area contributed by atoms with E-state index in [1.807, 2.05) is 25.1 Å². The molecule has 1 atom stereocenters. The van der Waals surface area contributed by atoms with Gasteiger partial charge < -0.3 is 0 Å². The second-order valence-corrected chi connectivity index (χ2v) is 7.45. The van der Waals surface area contributed by atoms with Gasteiger partial charge in [-0.25, -0.2) is 14.4 Å². The van der Waals surface area contributed by atoms with Gasteiger partial charge in [-0.1, -0.05) is 50.2 Å². The minimum Gasteiger partial charge on any atom is -0.289 e. The van der Waals surface area contributed by atoms with Gasteiger partial charge in [0, 0.05) is 17.3 Å². The van der Waals surface area contributed by atoms with Gasteiger partial charge in [0.15, 0.2) is 5.82 Å². The third kappa shape index (κ3) is 3.17. The number of benzene rings is 2. The van der Waals surface area contributed by atoms with E-state index in [1.54, 1.807) is 23.2 Å². The zero-order valence-corrected chi connectivity index (χ0v) is 16.2. The molecule has 5 heteroatoms. The van der Waals surface area contributed by atoms with E-state index in [9.17, 15) is 9.18 Å². The number of fused-ring (bicyclic) bond motifs is 1. The highest BCUT2D eigenvalue weighted by Crippen LogP contribution is 2.36. The molecule has 0 spiro atoms. The lowest BCUT2D eigenvalue weighted by Gasteiger charge is -2.25. The normalized spacial score (nSPS) is 14.5. The first kappa shape index (κ1) is 18.3. The first-order valence-corrected chi connectivity index (χ1v) is 9.48. The van der Waals surface area contributed by atoms with E-state index >= 15 is 0 Å². The molecular formula is C23H22FN3O. The van der Waals surface area contributed by atoms with Gasteiger partial charge in [-0.3, -0.25) is 9.69 Å². The molecular weight excluding hydrogens is 353 g/mol. The van der Waals surface area contributed by atoms with Crippen molar-refractivity contribution in [1.29, 1.82) is 0 Å².